The van der Waals surface area contributed by atoms with Crippen LogP contribution in [0, 0.1) is 0 Å². The van der Waals surface area contributed by atoms with Crippen LogP contribution in [0.2, 0.25) is 0 Å². The van der Waals surface area contributed by atoms with E-state index in [1.807, 2.05) is 0 Å². The largest absolute Gasteiger partial charge is 1.00 e. The minimum Gasteiger partial charge on any atom is -1.00 e. The molecule has 60 valence electrons. The van der Waals surface area contributed by atoms with Gasteiger partial charge in [-0.1, -0.05) is 0 Å². The highest BCUT2D eigenvalue weighted by Gasteiger charge is 2.60. The molecule has 2 heterocycles. The lowest BCUT2D eigenvalue weighted by molar-refractivity contribution is -0.0220. The van der Waals surface area contributed by atoms with Gasteiger partial charge in [-0.2, -0.15) is 0 Å². The van der Waals surface area contributed by atoms with Crippen LogP contribution in [0.25, 0.3) is 0 Å². The van der Waals surface area contributed by atoms with Crippen molar-refractivity contribution < 1.29 is 23.0 Å². The predicted molar refractivity (Wildman–Crippen MR) is 31.9 cm³/mol. The van der Waals surface area contributed by atoms with E-state index in [1.165, 1.54) is 0 Å². The highest BCUT2D eigenvalue weighted by molar-refractivity contribution is 5.15. The normalized spacial score (nSPS) is 49.8. The maximum atomic E-state index is 12.1. The van der Waals surface area contributed by atoms with Gasteiger partial charge in [-0.25, -0.2) is 4.39 Å². The van der Waals surface area contributed by atoms with Gasteiger partial charge in [0, 0.05) is 5.54 Å². The van der Waals surface area contributed by atoms with E-state index in [2.05, 4.69) is 0 Å². The molecule has 0 spiro atoms. The summed E-state index contributed by atoms with van der Waals surface area (Å²) in [6.07, 6.45) is 1.44. The molecule has 2 nitrogen and oxygen atoms in total. The molecule has 0 aromatic carbocycles. The third-order valence-corrected chi connectivity index (χ3v) is 2.26. The number of rotatable bonds is 1. The van der Waals surface area contributed by atoms with Crippen LogP contribution in [-0.4, -0.2) is 24.4 Å². The maximum absolute atomic E-state index is 12.1. The first-order valence-corrected chi connectivity index (χ1v) is 3.17. The zero-order valence-electron chi connectivity index (χ0n) is 6.57. The molecule has 3 fully saturated rings. The number of halogens is 2. The predicted octanol–water partition coefficient (Wildman–Crippen LogP) is -2.67. The summed E-state index contributed by atoms with van der Waals surface area (Å²) in [6.45, 7) is 0.183. The molecule has 10 heavy (non-hydrogen) atoms. The molecule has 2 aliphatic heterocycles. The summed E-state index contributed by atoms with van der Waals surface area (Å²) < 4.78 is 17.3. The fourth-order valence-corrected chi connectivity index (χ4v) is 1.87. The van der Waals surface area contributed by atoms with Crippen molar-refractivity contribution in [1.29, 1.82) is 0 Å². The van der Waals surface area contributed by atoms with Crippen molar-refractivity contribution in [3.63, 3.8) is 0 Å². The molecule has 0 aromatic rings. The van der Waals surface area contributed by atoms with Crippen LogP contribution in [0.3, 0.4) is 0 Å². The Kier molecular flexibility index (Phi) is 1.70. The van der Waals surface area contributed by atoms with Gasteiger partial charge in [0.2, 0.25) is 0 Å². The summed E-state index contributed by atoms with van der Waals surface area (Å²) in [5.74, 6) is 0. The van der Waals surface area contributed by atoms with Crippen molar-refractivity contribution in [3.05, 3.63) is 0 Å². The molecule has 2 saturated heterocycles. The zero-order chi connectivity index (χ0) is 6.54. The quantitative estimate of drug-likeness (QED) is 0.463. The Hall–Kier alpha value is 0.140. The smallest absolute Gasteiger partial charge is 1.00 e. The molecule has 0 unspecified atom stereocenters. The molecule has 2 N–H and O–H groups in total. The summed E-state index contributed by atoms with van der Waals surface area (Å²) >= 11 is 0. The molecule has 3 rings (SSSR count). The van der Waals surface area contributed by atoms with Crippen LogP contribution < -0.4 is 18.1 Å². The number of hydrogen-bond acceptors (Lipinski definition) is 2. The molecule has 2 bridgehead atoms. The number of nitrogens with two attached hydrogens (primary N) is 1. The first kappa shape index (κ1) is 8.24. The molecular weight excluding hydrogens is 157 g/mol. The Morgan fingerprint density at radius 1 is 1.60 bits per heavy atom. The van der Waals surface area contributed by atoms with E-state index in [1.54, 1.807) is 0 Å². The summed E-state index contributed by atoms with van der Waals surface area (Å²) in [6, 6.07) is 0. The third-order valence-electron chi connectivity index (χ3n) is 2.26. The Labute approximate surface area is 66.8 Å². The first-order valence-electron chi connectivity index (χ1n) is 3.17. The van der Waals surface area contributed by atoms with E-state index < -0.39 is 5.60 Å². The van der Waals surface area contributed by atoms with E-state index in [9.17, 15) is 4.39 Å². The fourth-order valence-electron chi connectivity index (χ4n) is 1.87. The third kappa shape index (κ3) is 0.847. The lowest BCUT2D eigenvalue weighted by Crippen LogP contribution is -3.00. The van der Waals surface area contributed by atoms with Crippen molar-refractivity contribution in [2.24, 2.45) is 5.73 Å². The summed E-state index contributed by atoms with van der Waals surface area (Å²) in [5, 5.41) is 0. The number of hydrogen-bond donors (Lipinski definition) is 1. The molecule has 0 radical (unpaired) electrons. The van der Waals surface area contributed by atoms with Crippen LogP contribution in [0.4, 0.5) is 4.39 Å². The lowest BCUT2D eigenvalue weighted by atomic mass is 9.70. The summed E-state index contributed by atoms with van der Waals surface area (Å²) in [7, 11) is 0. The number of ether oxygens (including phenoxy) is 1. The highest BCUT2D eigenvalue weighted by Crippen LogP contribution is 2.49. The van der Waals surface area contributed by atoms with Gasteiger partial charge in [0.1, 0.15) is 12.3 Å². The second-order valence-electron chi connectivity index (χ2n) is 3.32. The van der Waals surface area contributed by atoms with Crippen LogP contribution >= 0.6 is 0 Å². The second-order valence-corrected chi connectivity index (χ2v) is 3.32. The molecule has 1 aliphatic carbocycles. The highest BCUT2D eigenvalue weighted by atomic mass is 35.5. The van der Waals surface area contributed by atoms with Crippen LogP contribution in [0.15, 0.2) is 0 Å². The first-order chi connectivity index (χ1) is 4.18. The Bertz CT molecular complexity index is 152. The standard InChI is InChI=1S/C6H10FNO.ClH/c7-3-6-1-5(8,2-6)4-9-6;/h1-4,8H2;1H. The van der Waals surface area contributed by atoms with Crippen LogP contribution in [-0.2, 0) is 4.74 Å². The Morgan fingerprint density at radius 2 is 2.20 bits per heavy atom. The Morgan fingerprint density at radius 3 is 2.40 bits per heavy atom. The monoisotopic (exact) mass is 167 g/mol. The van der Waals surface area contributed by atoms with Crippen LogP contribution in [0.1, 0.15) is 14.3 Å². The van der Waals surface area contributed by atoms with Gasteiger partial charge in [-0.05, 0) is 12.8 Å². The molecule has 4 heteroatoms. The maximum Gasteiger partial charge on any atom is 1.00 e. The molecule has 3 aliphatic rings. The topological polar surface area (TPSA) is 35.2 Å². The van der Waals surface area contributed by atoms with Crippen molar-refractivity contribution in [1.82, 2.24) is 0 Å². The zero-order valence-corrected chi connectivity index (χ0v) is 6.33. The minimum atomic E-state index is -0.450. The Balaban J connectivity index is 0.000000500. The fraction of sp³-hybridized carbons (Fsp3) is 1.00. The van der Waals surface area contributed by atoms with Crippen LogP contribution in [0.5, 0.6) is 0 Å². The van der Waals surface area contributed by atoms with E-state index in [0.29, 0.717) is 6.61 Å². The van der Waals surface area contributed by atoms with Gasteiger partial charge in [0.05, 0.1) is 6.61 Å². The van der Waals surface area contributed by atoms with E-state index in [0.717, 1.165) is 12.8 Å². The molecule has 1 saturated carbocycles. The van der Waals surface area contributed by atoms with Gasteiger partial charge in [-0.3, -0.25) is 0 Å². The molecular formula is C6H11ClFNO. The molecule has 0 amide bonds. The van der Waals surface area contributed by atoms with E-state index >= 15 is 0 Å². The van der Waals surface area contributed by atoms with Gasteiger partial charge < -0.3 is 22.9 Å². The van der Waals surface area contributed by atoms with Gasteiger partial charge >= 0.3 is 1.43 Å². The van der Waals surface area contributed by atoms with Gasteiger partial charge in [-0.15, -0.1) is 0 Å². The van der Waals surface area contributed by atoms with Crippen molar-refractivity contribution >= 4 is 0 Å². The number of alkyl halides is 1. The van der Waals surface area contributed by atoms with Gasteiger partial charge in [0.15, 0.2) is 0 Å². The minimum absolute atomic E-state index is 0. The van der Waals surface area contributed by atoms with Crippen molar-refractivity contribution in [2.45, 2.75) is 24.0 Å². The van der Waals surface area contributed by atoms with Gasteiger partial charge in [0.25, 0.3) is 0 Å². The van der Waals surface area contributed by atoms with E-state index in [4.69, 9.17) is 10.5 Å². The average Bonchev–Trinajstić information content (AvgIpc) is 2.20. The summed E-state index contributed by atoms with van der Waals surface area (Å²) in [4.78, 5) is 0. The molecule has 0 aromatic heterocycles. The second kappa shape index (κ2) is 2.06. The summed E-state index contributed by atoms with van der Waals surface area (Å²) in [5.41, 5.74) is 5.10. The number of fused-ring (bicyclic) bond motifs is 1. The van der Waals surface area contributed by atoms with E-state index in [-0.39, 0.29) is 26.0 Å². The average molecular weight is 168 g/mol. The lowest BCUT2D eigenvalue weighted by Gasteiger charge is -2.39. The SMILES string of the molecule is NC12COC(CF)(C1)C2.[Cl-].[H+]. The van der Waals surface area contributed by atoms with Crippen molar-refractivity contribution in [2.75, 3.05) is 13.3 Å². The van der Waals surface area contributed by atoms with Crippen molar-refractivity contribution in [3.8, 4) is 0 Å². The molecule has 0 atom stereocenters.